The molecular weight excluding hydrogens is 286 g/mol. The summed E-state index contributed by atoms with van der Waals surface area (Å²) in [6, 6.07) is 0. The molecule has 0 spiro atoms. The monoisotopic (exact) mass is 298 g/mol. The van der Waals surface area contributed by atoms with Crippen LogP contribution in [0.15, 0.2) is 44.4 Å². The van der Waals surface area contributed by atoms with Crippen LogP contribution < -0.4 is 0 Å². The van der Waals surface area contributed by atoms with Crippen molar-refractivity contribution in [2.75, 3.05) is 0 Å². The van der Waals surface area contributed by atoms with E-state index in [2.05, 4.69) is 0 Å². The molecule has 0 aliphatic heterocycles. The number of allylic oxidation sites excluding steroid dienone is 7. The van der Waals surface area contributed by atoms with E-state index >= 15 is 0 Å². The van der Waals surface area contributed by atoms with Gasteiger partial charge in [-0.2, -0.15) is 0 Å². The van der Waals surface area contributed by atoms with Crippen molar-refractivity contribution in [3.63, 3.8) is 0 Å². The second-order valence-corrected chi connectivity index (χ2v) is 4.74. The molecule has 0 amide bonds. The molecule has 0 saturated carbocycles. The van der Waals surface area contributed by atoms with Crippen molar-refractivity contribution in [2.45, 2.75) is 26.7 Å². The second kappa shape index (κ2) is 9.18. The van der Waals surface area contributed by atoms with Crippen LogP contribution in [0.25, 0.3) is 0 Å². The first-order chi connectivity index (χ1) is 7.54. The summed E-state index contributed by atoms with van der Waals surface area (Å²) in [5, 5.41) is 0.631. The third-order valence-corrected chi connectivity index (χ3v) is 3.37. The molecule has 0 nitrogen and oxygen atoms in total. The molecule has 0 saturated heterocycles. The Kier molecular flexibility index (Phi) is 9.25. The van der Waals surface area contributed by atoms with Crippen molar-refractivity contribution < 1.29 is 0 Å². The summed E-state index contributed by atoms with van der Waals surface area (Å²) < 4.78 is -0.00915. The predicted molar refractivity (Wildman–Crippen MR) is 76.3 cm³/mol. The van der Waals surface area contributed by atoms with Crippen LogP contribution >= 0.6 is 46.4 Å². The van der Waals surface area contributed by atoms with Crippen LogP contribution in [-0.4, -0.2) is 0 Å². The van der Waals surface area contributed by atoms with Crippen molar-refractivity contribution in [2.24, 2.45) is 0 Å². The van der Waals surface area contributed by atoms with Gasteiger partial charge in [-0.1, -0.05) is 70.7 Å². The van der Waals surface area contributed by atoms with Gasteiger partial charge in [0.1, 0.15) is 4.49 Å². The Balaban J connectivity index is 5.10. The van der Waals surface area contributed by atoms with Crippen molar-refractivity contribution in [1.29, 1.82) is 0 Å². The minimum Gasteiger partial charge on any atom is -0.0913 e. The first kappa shape index (κ1) is 16.1. The number of halogens is 4. The Morgan fingerprint density at radius 2 is 1.25 bits per heavy atom. The Bertz CT molecular complexity index is 315. The zero-order valence-electron chi connectivity index (χ0n) is 9.24. The molecule has 90 valence electrons. The molecule has 16 heavy (non-hydrogen) atoms. The van der Waals surface area contributed by atoms with E-state index in [4.69, 9.17) is 46.4 Å². The van der Waals surface area contributed by atoms with E-state index < -0.39 is 0 Å². The molecule has 4 heteroatoms. The van der Waals surface area contributed by atoms with Crippen LogP contribution in [0.3, 0.4) is 0 Å². The fourth-order valence-corrected chi connectivity index (χ4v) is 1.69. The van der Waals surface area contributed by atoms with Crippen LogP contribution in [-0.2, 0) is 0 Å². The normalized spacial score (nSPS) is 11.1. The molecule has 0 N–H and O–H groups in total. The maximum Gasteiger partial charge on any atom is 0.126 e. The molecule has 0 heterocycles. The summed E-state index contributed by atoms with van der Waals surface area (Å²) in [7, 11) is 0. The summed E-state index contributed by atoms with van der Waals surface area (Å²) in [6.45, 7) is 3.90. The van der Waals surface area contributed by atoms with Gasteiger partial charge in [-0.05, 0) is 32.3 Å². The van der Waals surface area contributed by atoms with E-state index in [0.29, 0.717) is 5.03 Å². The highest BCUT2D eigenvalue weighted by Crippen LogP contribution is 2.32. The summed E-state index contributed by atoms with van der Waals surface area (Å²) in [5.74, 6) is 0. The molecule has 0 unspecified atom stereocenters. The van der Waals surface area contributed by atoms with Crippen LogP contribution in [0.2, 0.25) is 0 Å². The van der Waals surface area contributed by atoms with Crippen LogP contribution in [0.5, 0.6) is 0 Å². The number of rotatable bonds is 5. The van der Waals surface area contributed by atoms with Gasteiger partial charge >= 0.3 is 0 Å². The lowest BCUT2D eigenvalue weighted by molar-refractivity contribution is 1.09. The van der Waals surface area contributed by atoms with Gasteiger partial charge in [0, 0.05) is 0 Å². The average Bonchev–Trinajstić information content (AvgIpc) is 2.27. The van der Waals surface area contributed by atoms with Crippen molar-refractivity contribution >= 4 is 46.4 Å². The smallest absolute Gasteiger partial charge is 0.0913 e. The summed E-state index contributed by atoms with van der Waals surface area (Å²) >= 11 is 23.2. The molecule has 0 radical (unpaired) electrons. The molecule has 0 aromatic heterocycles. The summed E-state index contributed by atoms with van der Waals surface area (Å²) in [6.07, 6.45) is 9.40. The molecule has 0 rings (SSSR count). The molecule has 0 aromatic rings. The Hall–Kier alpha value is 0.120. The van der Waals surface area contributed by atoms with Gasteiger partial charge in [0.05, 0.1) is 10.1 Å². The van der Waals surface area contributed by atoms with Crippen LogP contribution in [0.4, 0.5) is 0 Å². The zero-order chi connectivity index (χ0) is 12.6. The first-order valence-electron chi connectivity index (χ1n) is 4.85. The predicted octanol–water partition coefficient (Wildman–Crippen LogP) is 6.30. The van der Waals surface area contributed by atoms with Crippen LogP contribution in [0.1, 0.15) is 26.7 Å². The summed E-state index contributed by atoms with van der Waals surface area (Å²) in [4.78, 5) is 0. The van der Waals surface area contributed by atoms with Gasteiger partial charge in [0.25, 0.3) is 0 Å². The van der Waals surface area contributed by atoms with Gasteiger partial charge in [-0.3, -0.25) is 0 Å². The minimum atomic E-state index is -0.00915. The van der Waals surface area contributed by atoms with Crippen molar-refractivity contribution in [3.05, 3.63) is 44.4 Å². The average molecular weight is 300 g/mol. The quantitative estimate of drug-likeness (QED) is 0.413. The zero-order valence-corrected chi connectivity index (χ0v) is 12.3. The van der Waals surface area contributed by atoms with E-state index in [1.54, 1.807) is 0 Å². The molecule has 0 atom stereocenters. The van der Waals surface area contributed by atoms with Gasteiger partial charge in [-0.15, -0.1) is 0 Å². The molecule has 0 fully saturated rings. The maximum absolute atomic E-state index is 6.12. The highest BCUT2D eigenvalue weighted by Gasteiger charge is 2.09. The largest absolute Gasteiger partial charge is 0.126 e. The Morgan fingerprint density at radius 3 is 1.56 bits per heavy atom. The number of hydrogen-bond acceptors (Lipinski definition) is 0. The molecular formula is C12H14Cl4. The van der Waals surface area contributed by atoms with Crippen molar-refractivity contribution in [1.82, 2.24) is 0 Å². The fraction of sp³-hybridized carbons (Fsp3) is 0.333. The molecule has 0 aromatic carbocycles. The van der Waals surface area contributed by atoms with E-state index in [9.17, 15) is 0 Å². The molecule has 0 bridgehead atoms. The third kappa shape index (κ3) is 6.00. The van der Waals surface area contributed by atoms with E-state index in [1.807, 2.05) is 38.2 Å². The highest BCUT2D eigenvalue weighted by atomic mass is 35.5. The lowest BCUT2D eigenvalue weighted by Crippen LogP contribution is -1.87. The van der Waals surface area contributed by atoms with Gasteiger partial charge in [0.15, 0.2) is 0 Å². The van der Waals surface area contributed by atoms with Gasteiger partial charge < -0.3 is 0 Å². The number of hydrogen-bond donors (Lipinski definition) is 0. The Labute approximate surface area is 117 Å². The minimum absolute atomic E-state index is 0.00915. The fourth-order valence-electron chi connectivity index (χ4n) is 1.02. The van der Waals surface area contributed by atoms with Gasteiger partial charge in [-0.25, -0.2) is 0 Å². The Morgan fingerprint density at radius 1 is 0.812 bits per heavy atom. The molecule has 0 aliphatic rings. The lowest BCUT2D eigenvalue weighted by atomic mass is 10.1. The molecule has 0 aliphatic carbocycles. The topological polar surface area (TPSA) is 0 Å². The third-order valence-electron chi connectivity index (χ3n) is 1.87. The second-order valence-electron chi connectivity index (χ2n) is 3.04. The first-order valence-corrected chi connectivity index (χ1v) is 6.36. The van der Waals surface area contributed by atoms with E-state index in [0.717, 1.165) is 18.4 Å². The van der Waals surface area contributed by atoms with E-state index in [1.165, 1.54) is 0 Å². The highest BCUT2D eigenvalue weighted by molar-refractivity contribution is 6.61. The summed E-state index contributed by atoms with van der Waals surface area (Å²) in [5.41, 5.74) is 0.988. The maximum atomic E-state index is 6.12. The van der Waals surface area contributed by atoms with E-state index in [-0.39, 0.29) is 9.52 Å². The van der Waals surface area contributed by atoms with Crippen molar-refractivity contribution in [3.8, 4) is 0 Å². The van der Waals surface area contributed by atoms with Crippen LogP contribution in [0, 0.1) is 0 Å². The SMILES string of the molecule is CC=CCC(CC=CC)=C(Cl)C(Cl)=C(Cl)Cl. The standard InChI is InChI=1S/C12H14Cl4/c1-3-5-7-9(8-6-4-2)10(13)11(14)12(15)16/h3-6H,7-8H2,1-2H3. The lowest BCUT2D eigenvalue weighted by Gasteiger charge is -2.06. The van der Waals surface area contributed by atoms with Gasteiger partial charge in [0.2, 0.25) is 0 Å².